The third-order valence-electron chi connectivity index (χ3n) is 4.74. The van der Waals surface area contributed by atoms with E-state index >= 15 is 0 Å². The van der Waals surface area contributed by atoms with Crippen molar-refractivity contribution in [1.29, 1.82) is 0 Å². The molecule has 0 aromatic heterocycles. The lowest BCUT2D eigenvalue weighted by Gasteiger charge is -2.39. The fraction of sp³-hybridized carbons (Fsp3) is 0.444. The first kappa shape index (κ1) is 13.4. The number of rotatable bonds is 2. The van der Waals surface area contributed by atoms with Gasteiger partial charge >= 0.3 is 0 Å². The summed E-state index contributed by atoms with van der Waals surface area (Å²) in [6.45, 7) is 5.65. The van der Waals surface area contributed by atoms with Crippen LogP contribution in [0.15, 0.2) is 36.4 Å². The van der Waals surface area contributed by atoms with E-state index < -0.39 is 0 Å². The summed E-state index contributed by atoms with van der Waals surface area (Å²) in [6.07, 6.45) is 3.96. The number of benzene rings is 2. The highest BCUT2D eigenvalue weighted by Crippen LogP contribution is 2.28. The van der Waals surface area contributed by atoms with Crippen molar-refractivity contribution in [3.63, 3.8) is 0 Å². The maximum atomic E-state index is 6.27. The van der Waals surface area contributed by atoms with E-state index in [9.17, 15) is 0 Å². The quantitative estimate of drug-likeness (QED) is 0.828. The van der Waals surface area contributed by atoms with Crippen molar-refractivity contribution in [2.24, 2.45) is 0 Å². The molecule has 2 heteroatoms. The standard InChI is InChI=1S/C18H24N2/c1-13-6-5-7-14(2)20(13)12-17-10-15-8-3-4-9-16(15)11-18(17)19/h3-4,8-11,13-14H,5-7,12,19H2,1-2H3. The molecule has 2 aromatic carbocycles. The van der Waals surface area contributed by atoms with Crippen molar-refractivity contribution in [3.05, 3.63) is 42.0 Å². The minimum absolute atomic E-state index is 0.657. The Morgan fingerprint density at radius 1 is 1.05 bits per heavy atom. The first-order valence-corrected chi connectivity index (χ1v) is 7.68. The number of nitrogen functional groups attached to an aromatic ring is 1. The van der Waals surface area contributed by atoms with Crippen molar-refractivity contribution in [2.45, 2.75) is 51.7 Å². The Kier molecular flexibility index (Phi) is 3.66. The number of anilines is 1. The fourth-order valence-electron chi connectivity index (χ4n) is 3.43. The maximum Gasteiger partial charge on any atom is 0.0366 e. The zero-order chi connectivity index (χ0) is 14.1. The van der Waals surface area contributed by atoms with Gasteiger partial charge in [0.1, 0.15) is 0 Å². The van der Waals surface area contributed by atoms with Crippen LogP contribution in [-0.2, 0) is 6.54 Å². The molecule has 3 rings (SSSR count). The van der Waals surface area contributed by atoms with Crippen LogP contribution < -0.4 is 5.73 Å². The van der Waals surface area contributed by atoms with Crippen molar-refractivity contribution < 1.29 is 0 Å². The first-order valence-electron chi connectivity index (χ1n) is 7.68. The van der Waals surface area contributed by atoms with Gasteiger partial charge in [-0.15, -0.1) is 0 Å². The van der Waals surface area contributed by atoms with E-state index in [1.807, 2.05) is 0 Å². The minimum Gasteiger partial charge on any atom is -0.398 e. The summed E-state index contributed by atoms with van der Waals surface area (Å²) in [6, 6.07) is 14.1. The lowest BCUT2D eigenvalue weighted by Crippen LogP contribution is -2.43. The molecule has 0 aliphatic carbocycles. The number of hydrogen-bond acceptors (Lipinski definition) is 2. The molecule has 2 aromatic rings. The second-order valence-corrected chi connectivity index (χ2v) is 6.20. The van der Waals surface area contributed by atoms with E-state index in [1.165, 1.54) is 35.6 Å². The van der Waals surface area contributed by atoms with Crippen LogP contribution in [0.3, 0.4) is 0 Å². The molecule has 1 heterocycles. The number of likely N-dealkylation sites (tertiary alicyclic amines) is 1. The van der Waals surface area contributed by atoms with Crippen LogP contribution in [0.25, 0.3) is 10.8 Å². The number of nitrogens with zero attached hydrogens (tertiary/aromatic N) is 1. The van der Waals surface area contributed by atoms with Gasteiger partial charge in [0.05, 0.1) is 0 Å². The second-order valence-electron chi connectivity index (χ2n) is 6.20. The van der Waals surface area contributed by atoms with E-state index in [1.54, 1.807) is 0 Å². The summed E-state index contributed by atoms with van der Waals surface area (Å²) in [7, 11) is 0. The molecule has 1 fully saturated rings. The smallest absolute Gasteiger partial charge is 0.0366 e. The number of nitrogens with two attached hydrogens (primary N) is 1. The Hall–Kier alpha value is -1.54. The molecule has 0 amide bonds. The monoisotopic (exact) mass is 268 g/mol. The van der Waals surface area contributed by atoms with E-state index in [0.717, 1.165) is 12.2 Å². The van der Waals surface area contributed by atoms with Crippen LogP contribution in [0.1, 0.15) is 38.7 Å². The fourth-order valence-corrected chi connectivity index (χ4v) is 3.43. The van der Waals surface area contributed by atoms with Crippen LogP contribution in [-0.4, -0.2) is 17.0 Å². The Labute approximate surface area is 121 Å². The van der Waals surface area contributed by atoms with E-state index in [4.69, 9.17) is 5.73 Å². The van der Waals surface area contributed by atoms with Crippen molar-refractivity contribution in [2.75, 3.05) is 5.73 Å². The molecule has 0 saturated carbocycles. The molecule has 1 saturated heterocycles. The zero-order valence-corrected chi connectivity index (χ0v) is 12.5. The van der Waals surface area contributed by atoms with Crippen LogP contribution in [0.2, 0.25) is 0 Å². The van der Waals surface area contributed by atoms with Crippen LogP contribution in [0.4, 0.5) is 5.69 Å². The van der Waals surface area contributed by atoms with Crippen molar-refractivity contribution >= 4 is 16.5 Å². The molecule has 2 nitrogen and oxygen atoms in total. The molecule has 2 atom stereocenters. The molecule has 1 aliphatic heterocycles. The van der Waals surface area contributed by atoms with Gasteiger partial charge in [0, 0.05) is 24.3 Å². The van der Waals surface area contributed by atoms with Gasteiger partial charge in [0.15, 0.2) is 0 Å². The second kappa shape index (κ2) is 5.45. The first-order chi connectivity index (χ1) is 9.65. The Morgan fingerprint density at radius 2 is 1.65 bits per heavy atom. The normalized spacial score (nSPS) is 24.1. The Bertz CT molecular complexity index is 595. The summed E-state index contributed by atoms with van der Waals surface area (Å²) in [5.74, 6) is 0. The van der Waals surface area contributed by atoms with Crippen molar-refractivity contribution in [3.8, 4) is 0 Å². The molecular formula is C18H24N2. The molecule has 0 radical (unpaired) electrons. The summed E-state index contributed by atoms with van der Waals surface area (Å²) < 4.78 is 0. The molecule has 0 bridgehead atoms. The highest BCUT2D eigenvalue weighted by molar-refractivity contribution is 5.86. The summed E-state index contributed by atoms with van der Waals surface area (Å²) in [5, 5.41) is 2.52. The third kappa shape index (κ3) is 2.53. The van der Waals surface area contributed by atoms with Crippen LogP contribution in [0, 0.1) is 0 Å². The average Bonchev–Trinajstić information content (AvgIpc) is 2.43. The zero-order valence-electron chi connectivity index (χ0n) is 12.5. The predicted octanol–water partition coefficient (Wildman–Crippen LogP) is 4.18. The summed E-state index contributed by atoms with van der Waals surface area (Å²) >= 11 is 0. The van der Waals surface area contributed by atoms with Crippen LogP contribution >= 0.6 is 0 Å². The van der Waals surface area contributed by atoms with E-state index in [2.05, 4.69) is 55.1 Å². The highest BCUT2D eigenvalue weighted by Gasteiger charge is 2.25. The van der Waals surface area contributed by atoms with Gasteiger partial charge in [0.25, 0.3) is 0 Å². The number of piperidine rings is 1. The van der Waals surface area contributed by atoms with Gasteiger partial charge in [-0.3, -0.25) is 4.90 Å². The van der Waals surface area contributed by atoms with Gasteiger partial charge in [0.2, 0.25) is 0 Å². The molecule has 20 heavy (non-hydrogen) atoms. The van der Waals surface area contributed by atoms with E-state index in [-0.39, 0.29) is 0 Å². The summed E-state index contributed by atoms with van der Waals surface area (Å²) in [4.78, 5) is 2.60. The average molecular weight is 268 g/mol. The predicted molar refractivity (Wildman–Crippen MR) is 86.7 cm³/mol. The Morgan fingerprint density at radius 3 is 2.30 bits per heavy atom. The molecule has 0 spiro atoms. The lowest BCUT2D eigenvalue weighted by molar-refractivity contribution is 0.0955. The van der Waals surface area contributed by atoms with Gasteiger partial charge in [-0.25, -0.2) is 0 Å². The molecule has 1 aliphatic rings. The lowest BCUT2D eigenvalue weighted by atomic mass is 9.96. The van der Waals surface area contributed by atoms with Crippen molar-refractivity contribution in [1.82, 2.24) is 4.90 Å². The van der Waals surface area contributed by atoms with Gasteiger partial charge in [-0.1, -0.05) is 30.7 Å². The largest absolute Gasteiger partial charge is 0.398 e. The SMILES string of the molecule is CC1CCCC(C)N1Cc1cc2ccccc2cc1N. The third-order valence-corrected chi connectivity index (χ3v) is 4.74. The number of hydrogen-bond donors (Lipinski definition) is 1. The van der Waals surface area contributed by atoms with Gasteiger partial charge in [-0.2, -0.15) is 0 Å². The molecular weight excluding hydrogens is 244 g/mol. The Balaban J connectivity index is 1.91. The van der Waals surface area contributed by atoms with E-state index in [0.29, 0.717) is 12.1 Å². The maximum absolute atomic E-state index is 6.27. The highest BCUT2D eigenvalue weighted by atomic mass is 15.2. The van der Waals surface area contributed by atoms with Gasteiger partial charge < -0.3 is 5.73 Å². The van der Waals surface area contributed by atoms with Gasteiger partial charge in [-0.05, 0) is 55.2 Å². The molecule has 2 unspecified atom stereocenters. The molecule has 106 valence electrons. The topological polar surface area (TPSA) is 29.3 Å². The number of fused-ring (bicyclic) bond motifs is 1. The van der Waals surface area contributed by atoms with Crippen LogP contribution in [0.5, 0.6) is 0 Å². The minimum atomic E-state index is 0.657. The summed E-state index contributed by atoms with van der Waals surface area (Å²) in [5.41, 5.74) is 8.46. The molecule has 2 N–H and O–H groups in total.